The SMILES string of the molecule is OB(OCl)Oc1ccccc1. The molecule has 5 heteroatoms. The van der Waals surface area contributed by atoms with Crippen LogP contribution in [0.15, 0.2) is 30.3 Å². The molecule has 0 unspecified atom stereocenters. The molecule has 11 heavy (non-hydrogen) atoms. The van der Waals surface area contributed by atoms with E-state index in [1.54, 1.807) is 24.3 Å². The van der Waals surface area contributed by atoms with E-state index in [0.717, 1.165) is 0 Å². The fourth-order valence-corrected chi connectivity index (χ4v) is 0.670. The minimum atomic E-state index is -1.42. The Morgan fingerprint density at radius 1 is 1.27 bits per heavy atom. The summed E-state index contributed by atoms with van der Waals surface area (Å²) in [7, 11) is -1.42. The van der Waals surface area contributed by atoms with Gasteiger partial charge < -0.3 is 9.68 Å². The Balaban J connectivity index is 2.51. The zero-order valence-corrected chi connectivity index (χ0v) is 6.36. The fraction of sp³-hybridized carbons (Fsp3) is 0. The van der Waals surface area contributed by atoms with Crippen LogP contribution in [0.1, 0.15) is 0 Å². The molecule has 0 aromatic heterocycles. The van der Waals surface area contributed by atoms with Gasteiger partial charge in [-0.25, -0.2) is 0 Å². The molecule has 1 rings (SSSR count). The van der Waals surface area contributed by atoms with Crippen molar-refractivity contribution in [2.45, 2.75) is 0 Å². The molecule has 1 N–H and O–H groups in total. The molecule has 58 valence electrons. The van der Waals surface area contributed by atoms with Crippen molar-refractivity contribution in [3.63, 3.8) is 0 Å². The standard InChI is InChI=1S/C6H6BClO3/c8-11-7(9)10-6-4-2-1-3-5-6/h1-5,9H. The number of para-hydroxylation sites is 1. The van der Waals surface area contributed by atoms with Crippen LogP contribution in [0.5, 0.6) is 5.75 Å². The number of benzene rings is 1. The van der Waals surface area contributed by atoms with Crippen molar-refractivity contribution in [2.75, 3.05) is 0 Å². The lowest BCUT2D eigenvalue weighted by atomic mass is 10.2. The lowest BCUT2D eigenvalue weighted by Crippen LogP contribution is -2.21. The van der Waals surface area contributed by atoms with Gasteiger partial charge in [0.1, 0.15) is 5.75 Å². The summed E-state index contributed by atoms with van der Waals surface area (Å²) in [5.41, 5.74) is 0. The maximum absolute atomic E-state index is 8.73. The molecule has 0 spiro atoms. The molecule has 0 aliphatic rings. The second kappa shape index (κ2) is 4.23. The Hall–Kier alpha value is -0.705. The Bertz CT molecular complexity index is 206. The van der Waals surface area contributed by atoms with E-state index >= 15 is 0 Å². The van der Waals surface area contributed by atoms with E-state index in [-0.39, 0.29) is 0 Å². The third kappa shape index (κ3) is 2.80. The van der Waals surface area contributed by atoms with Crippen molar-refractivity contribution in [2.24, 2.45) is 0 Å². The van der Waals surface area contributed by atoms with Gasteiger partial charge >= 0.3 is 7.32 Å². The first kappa shape index (κ1) is 8.39. The summed E-state index contributed by atoms with van der Waals surface area (Å²) < 4.78 is 8.72. The van der Waals surface area contributed by atoms with Gasteiger partial charge in [-0.05, 0) is 12.1 Å². The highest BCUT2D eigenvalue weighted by molar-refractivity contribution is 6.42. The van der Waals surface area contributed by atoms with Gasteiger partial charge in [-0.2, -0.15) is 0 Å². The second-order valence-electron chi connectivity index (χ2n) is 1.83. The van der Waals surface area contributed by atoms with Gasteiger partial charge in [-0.1, -0.05) is 18.2 Å². The van der Waals surface area contributed by atoms with Crippen LogP contribution in [-0.4, -0.2) is 12.3 Å². The summed E-state index contributed by atoms with van der Waals surface area (Å²) >= 11 is 4.83. The molecule has 0 aliphatic heterocycles. The summed E-state index contributed by atoms with van der Waals surface area (Å²) in [6, 6.07) is 8.74. The number of halogens is 1. The van der Waals surface area contributed by atoms with Gasteiger partial charge in [0.2, 0.25) is 0 Å². The van der Waals surface area contributed by atoms with E-state index in [9.17, 15) is 0 Å². The second-order valence-corrected chi connectivity index (χ2v) is 2.01. The molecule has 1 aromatic carbocycles. The molecule has 0 amide bonds. The summed E-state index contributed by atoms with van der Waals surface area (Å²) in [4.78, 5) is 0. The third-order valence-corrected chi connectivity index (χ3v) is 1.21. The average molecular weight is 172 g/mol. The van der Waals surface area contributed by atoms with Crippen molar-refractivity contribution in [1.29, 1.82) is 0 Å². The van der Waals surface area contributed by atoms with E-state index in [4.69, 9.17) is 21.5 Å². The normalized spacial score (nSPS) is 9.27. The van der Waals surface area contributed by atoms with Gasteiger partial charge in [0.25, 0.3) is 0 Å². The molecule has 0 aliphatic carbocycles. The third-order valence-electron chi connectivity index (χ3n) is 1.06. The Morgan fingerprint density at radius 2 is 1.91 bits per heavy atom. The van der Waals surface area contributed by atoms with E-state index < -0.39 is 7.32 Å². The Kier molecular flexibility index (Phi) is 3.23. The highest BCUT2D eigenvalue weighted by Crippen LogP contribution is 2.09. The number of hydrogen-bond donors (Lipinski definition) is 1. The zero-order valence-electron chi connectivity index (χ0n) is 5.61. The van der Waals surface area contributed by atoms with Crippen LogP contribution in [0.25, 0.3) is 0 Å². The molecule has 0 atom stereocenters. The predicted octanol–water partition coefficient (Wildman–Crippen LogP) is 1.21. The molecule has 3 nitrogen and oxygen atoms in total. The number of hydrogen-bond acceptors (Lipinski definition) is 3. The van der Waals surface area contributed by atoms with Gasteiger partial charge in [0.05, 0.1) is 0 Å². The highest BCUT2D eigenvalue weighted by atomic mass is 35.5. The largest absolute Gasteiger partial charge is 0.727 e. The van der Waals surface area contributed by atoms with Crippen molar-refractivity contribution in [1.82, 2.24) is 0 Å². The smallest absolute Gasteiger partial charge is 0.511 e. The van der Waals surface area contributed by atoms with Gasteiger partial charge in [0, 0.05) is 11.9 Å². The lowest BCUT2D eigenvalue weighted by Gasteiger charge is -2.03. The molecular formula is C6H6BClO3. The Labute approximate surface area is 69.9 Å². The zero-order chi connectivity index (χ0) is 8.10. The van der Waals surface area contributed by atoms with Crippen LogP contribution < -0.4 is 4.65 Å². The minimum Gasteiger partial charge on any atom is -0.511 e. The first-order valence-electron chi connectivity index (χ1n) is 3.00. The summed E-state index contributed by atoms with van der Waals surface area (Å²) in [5.74, 6) is 0.501. The van der Waals surface area contributed by atoms with Gasteiger partial charge in [-0.15, -0.1) is 0 Å². The van der Waals surface area contributed by atoms with Crippen LogP contribution >= 0.6 is 11.9 Å². The van der Waals surface area contributed by atoms with Crippen molar-refractivity contribution >= 4 is 19.2 Å². The fourth-order valence-electron chi connectivity index (χ4n) is 0.634. The molecule has 0 fully saturated rings. The van der Waals surface area contributed by atoms with E-state index in [1.807, 2.05) is 6.07 Å². The maximum atomic E-state index is 8.73. The van der Waals surface area contributed by atoms with E-state index in [2.05, 4.69) is 4.21 Å². The Morgan fingerprint density at radius 3 is 2.45 bits per heavy atom. The quantitative estimate of drug-likeness (QED) is 0.697. The molecule has 0 saturated heterocycles. The molecular weight excluding hydrogens is 166 g/mol. The maximum Gasteiger partial charge on any atom is 0.727 e. The summed E-state index contributed by atoms with van der Waals surface area (Å²) in [6.45, 7) is 0. The van der Waals surface area contributed by atoms with E-state index in [1.165, 1.54) is 0 Å². The van der Waals surface area contributed by atoms with Crippen LogP contribution in [0.4, 0.5) is 0 Å². The molecule has 1 aromatic rings. The summed E-state index contributed by atoms with van der Waals surface area (Å²) in [5, 5.41) is 8.73. The average Bonchev–Trinajstić information content (AvgIpc) is 2.06. The molecule has 0 heterocycles. The topological polar surface area (TPSA) is 38.7 Å². The van der Waals surface area contributed by atoms with E-state index in [0.29, 0.717) is 5.75 Å². The molecule has 0 radical (unpaired) electrons. The monoisotopic (exact) mass is 172 g/mol. The molecule has 0 saturated carbocycles. The van der Waals surface area contributed by atoms with Crippen LogP contribution in [0, 0.1) is 0 Å². The van der Waals surface area contributed by atoms with Gasteiger partial charge in [0.15, 0.2) is 0 Å². The van der Waals surface area contributed by atoms with Crippen molar-refractivity contribution in [3.8, 4) is 5.75 Å². The van der Waals surface area contributed by atoms with Crippen LogP contribution in [-0.2, 0) is 4.21 Å². The van der Waals surface area contributed by atoms with Crippen LogP contribution in [0.3, 0.4) is 0 Å². The van der Waals surface area contributed by atoms with Crippen molar-refractivity contribution in [3.05, 3.63) is 30.3 Å². The van der Waals surface area contributed by atoms with Gasteiger partial charge in [-0.3, -0.25) is 4.21 Å². The minimum absolute atomic E-state index is 0.501. The number of rotatable bonds is 3. The lowest BCUT2D eigenvalue weighted by molar-refractivity contribution is 0.310. The summed E-state index contributed by atoms with van der Waals surface area (Å²) in [6.07, 6.45) is 0. The van der Waals surface area contributed by atoms with Crippen molar-refractivity contribution < 1.29 is 13.9 Å². The predicted molar refractivity (Wildman–Crippen MR) is 42.0 cm³/mol. The first-order chi connectivity index (χ1) is 5.33. The van der Waals surface area contributed by atoms with Crippen LogP contribution in [0.2, 0.25) is 0 Å². The molecule has 0 bridgehead atoms. The first-order valence-corrected chi connectivity index (χ1v) is 3.31. The highest BCUT2D eigenvalue weighted by Gasteiger charge is 2.16.